The Kier molecular flexibility index (Phi) is 4.73. The van der Waals surface area contributed by atoms with Gasteiger partial charge in [-0.1, -0.05) is 30.3 Å². The topological polar surface area (TPSA) is 72.5 Å². The average Bonchev–Trinajstić information content (AvgIpc) is 3.04. The molecule has 0 radical (unpaired) electrons. The van der Waals surface area contributed by atoms with Gasteiger partial charge in [0.25, 0.3) is 5.91 Å². The Hall–Kier alpha value is -2.18. The maximum absolute atomic E-state index is 11.8. The van der Waals surface area contributed by atoms with Crippen molar-refractivity contribution in [3.63, 3.8) is 0 Å². The maximum atomic E-state index is 11.8. The van der Waals surface area contributed by atoms with Crippen LogP contribution in [-0.4, -0.2) is 63.3 Å². The summed E-state index contributed by atoms with van der Waals surface area (Å²) in [4.78, 5) is 15.8. The molecule has 1 unspecified atom stereocenters. The Bertz CT molecular complexity index is 646. The van der Waals surface area contributed by atoms with Crippen LogP contribution in [0.4, 0.5) is 0 Å². The molecule has 6 heteroatoms. The molecule has 1 aromatic heterocycles. The summed E-state index contributed by atoms with van der Waals surface area (Å²) in [5.41, 5.74) is 3.12. The number of benzene rings is 1. The van der Waals surface area contributed by atoms with E-state index < -0.39 is 6.10 Å². The smallest absolute Gasteiger partial charge is 0.251 e. The summed E-state index contributed by atoms with van der Waals surface area (Å²) < 4.78 is 0. The van der Waals surface area contributed by atoms with Gasteiger partial charge in [-0.3, -0.25) is 14.8 Å². The van der Waals surface area contributed by atoms with Gasteiger partial charge in [0.15, 0.2) is 0 Å². The van der Waals surface area contributed by atoms with Crippen LogP contribution in [0, 0.1) is 0 Å². The number of nitrogens with one attached hydrogen (secondary N) is 1. The molecule has 0 saturated carbocycles. The number of carbonyl (C=O) groups excluding carboxylic acids is 1. The Morgan fingerprint density at radius 2 is 1.96 bits per heavy atom. The summed E-state index contributed by atoms with van der Waals surface area (Å²) in [5.74, 6) is -0.183. The Labute approximate surface area is 135 Å². The van der Waals surface area contributed by atoms with Gasteiger partial charge >= 0.3 is 0 Å². The summed E-state index contributed by atoms with van der Waals surface area (Å²) in [6, 6.07) is 12.2. The highest BCUT2D eigenvalue weighted by Crippen LogP contribution is 2.18. The van der Waals surface area contributed by atoms with E-state index in [4.69, 9.17) is 0 Å². The SMILES string of the molecule is CC(O)C(=O)N1CCN(Cc2cc(-c3ccccc3)n[nH]2)CC1. The molecule has 1 amide bonds. The van der Waals surface area contributed by atoms with Crippen LogP contribution in [0.3, 0.4) is 0 Å². The second-order valence-corrected chi connectivity index (χ2v) is 5.92. The normalized spacial score (nSPS) is 17.2. The maximum Gasteiger partial charge on any atom is 0.251 e. The number of piperazine rings is 1. The van der Waals surface area contributed by atoms with E-state index in [0.29, 0.717) is 13.1 Å². The molecule has 3 rings (SSSR count). The molecule has 1 aliphatic rings. The molecule has 0 aliphatic carbocycles. The van der Waals surface area contributed by atoms with Crippen LogP contribution in [0.2, 0.25) is 0 Å². The lowest BCUT2D eigenvalue weighted by molar-refractivity contribution is -0.141. The van der Waals surface area contributed by atoms with E-state index in [2.05, 4.69) is 21.2 Å². The molecule has 23 heavy (non-hydrogen) atoms. The number of aliphatic hydroxyl groups excluding tert-OH is 1. The number of rotatable bonds is 4. The third-order valence-electron chi connectivity index (χ3n) is 4.14. The lowest BCUT2D eigenvalue weighted by Crippen LogP contribution is -2.50. The van der Waals surface area contributed by atoms with E-state index in [0.717, 1.165) is 36.6 Å². The summed E-state index contributed by atoms with van der Waals surface area (Å²) in [7, 11) is 0. The van der Waals surface area contributed by atoms with Gasteiger partial charge < -0.3 is 10.0 Å². The van der Waals surface area contributed by atoms with Crippen molar-refractivity contribution in [2.24, 2.45) is 0 Å². The van der Waals surface area contributed by atoms with Crippen LogP contribution in [0.25, 0.3) is 11.3 Å². The third-order valence-corrected chi connectivity index (χ3v) is 4.14. The largest absolute Gasteiger partial charge is 0.384 e. The molecule has 0 bridgehead atoms. The fourth-order valence-electron chi connectivity index (χ4n) is 2.83. The highest BCUT2D eigenvalue weighted by molar-refractivity contribution is 5.80. The van der Waals surface area contributed by atoms with Crippen molar-refractivity contribution < 1.29 is 9.90 Å². The van der Waals surface area contributed by atoms with E-state index in [-0.39, 0.29) is 5.91 Å². The van der Waals surface area contributed by atoms with Crippen molar-refractivity contribution >= 4 is 5.91 Å². The van der Waals surface area contributed by atoms with Crippen LogP contribution in [-0.2, 0) is 11.3 Å². The molecular formula is C17H22N4O2. The zero-order valence-corrected chi connectivity index (χ0v) is 13.3. The van der Waals surface area contributed by atoms with Crippen LogP contribution >= 0.6 is 0 Å². The summed E-state index contributed by atoms with van der Waals surface area (Å²) in [6.07, 6.45) is -0.914. The Balaban J connectivity index is 1.55. The fraction of sp³-hybridized carbons (Fsp3) is 0.412. The van der Waals surface area contributed by atoms with E-state index in [1.54, 1.807) is 4.90 Å². The quantitative estimate of drug-likeness (QED) is 0.886. The van der Waals surface area contributed by atoms with Gasteiger partial charge in [-0.2, -0.15) is 5.10 Å². The molecule has 2 aromatic rings. The lowest BCUT2D eigenvalue weighted by atomic mass is 10.1. The molecule has 6 nitrogen and oxygen atoms in total. The fourth-order valence-corrected chi connectivity index (χ4v) is 2.83. The second kappa shape index (κ2) is 6.93. The molecular weight excluding hydrogens is 292 g/mol. The van der Waals surface area contributed by atoms with Crippen LogP contribution < -0.4 is 0 Å². The highest BCUT2D eigenvalue weighted by Gasteiger charge is 2.23. The molecule has 2 heterocycles. The summed E-state index contributed by atoms with van der Waals surface area (Å²) in [6.45, 7) is 5.23. The molecule has 2 N–H and O–H groups in total. The number of aromatic nitrogens is 2. The van der Waals surface area contributed by atoms with Crippen LogP contribution in [0.5, 0.6) is 0 Å². The first-order chi connectivity index (χ1) is 11.1. The van der Waals surface area contributed by atoms with Gasteiger partial charge in [-0.05, 0) is 13.0 Å². The Morgan fingerprint density at radius 3 is 2.61 bits per heavy atom. The number of hydrogen-bond acceptors (Lipinski definition) is 4. The van der Waals surface area contributed by atoms with Crippen LogP contribution in [0.15, 0.2) is 36.4 Å². The minimum absolute atomic E-state index is 0.183. The zero-order chi connectivity index (χ0) is 16.2. The number of aliphatic hydroxyl groups is 1. The number of amides is 1. The van der Waals surface area contributed by atoms with Gasteiger partial charge in [0.05, 0.1) is 5.69 Å². The Morgan fingerprint density at radius 1 is 1.26 bits per heavy atom. The minimum atomic E-state index is -0.914. The first kappa shape index (κ1) is 15.7. The molecule has 1 aliphatic heterocycles. The summed E-state index contributed by atoms with van der Waals surface area (Å²) >= 11 is 0. The van der Waals surface area contributed by atoms with E-state index in [9.17, 15) is 9.90 Å². The number of carbonyl (C=O) groups is 1. The predicted molar refractivity (Wildman–Crippen MR) is 87.6 cm³/mol. The van der Waals surface area contributed by atoms with Crippen molar-refractivity contribution in [1.82, 2.24) is 20.0 Å². The minimum Gasteiger partial charge on any atom is -0.384 e. The van der Waals surface area contributed by atoms with Gasteiger partial charge in [0.2, 0.25) is 0 Å². The van der Waals surface area contributed by atoms with Crippen molar-refractivity contribution in [2.75, 3.05) is 26.2 Å². The highest BCUT2D eigenvalue weighted by atomic mass is 16.3. The standard InChI is InChI=1S/C17H22N4O2/c1-13(22)17(23)21-9-7-20(8-10-21)12-15-11-16(19-18-15)14-5-3-2-4-6-14/h2-6,11,13,22H,7-10,12H2,1H3,(H,18,19). The first-order valence-electron chi connectivity index (χ1n) is 7.92. The first-order valence-corrected chi connectivity index (χ1v) is 7.92. The van der Waals surface area contributed by atoms with Gasteiger partial charge in [-0.15, -0.1) is 0 Å². The molecule has 1 saturated heterocycles. The van der Waals surface area contributed by atoms with Gasteiger partial charge in [0, 0.05) is 44.0 Å². The van der Waals surface area contributed by atoms with Crippen molar-refractivity contribution in [1.29, 1.82) is 0 Å². The van der Waals surface area contributed by atoms with Crippen molar-refractivity contribution in [3.05, 3.63) is 42.1 Å². The molecule has 0 spiro atoms. The van der Waals surface area contributed by atoms with Crippen molar-refractivity contribution in [3.8, 4) is 11.3 Å². The zero-order valence-electron chi connectivity index (χ0n) is 13.3. The van der Waals surface area contributed by atoms with E-state index in [1.165, 1.54) is 6.92 Å². The molecule has 1 aromatic carbocycles. The van der Waals surface area contributed by atoms with Crippen molar-refractivity contribution in [2.45, 2.75) is 19.6 Å². The predicted octanol–water partition coefficient (Wildman–Crippen LogP) is 1.10. The van der Waals surface area contributed by atoms with Gasteiger partial charge in [0.1, 0.15) is 6.10 Å². The average molecular weight is 314 g/mol. The number of nitrogens with zero attached hydrogens (tertiary/aromatic N) is 3. The van der Waals surface area contributed by atoms with E-state index >= 15 is 0 Å². The lowest BCUT2D eigenvalue weighted by Gasteiger charge is -2.35. The third kappa shape index (κ3) is 3.78. The molecule has 1 atom stereocenters. The number of H-pyrrole nitrogens is 1. The van der Waals surface area contributed by atoms with Crippen LogP contribution in [0.1, 0.15) is 12.6 Å². The second-order valence-electron chi connectivity index (χ2n) is 5.92. The number of hydrogen-bond donors (Lipinski definition) is 2. The molecule has 1 fully saturated rings. The summed E-state index contributed by atoms with van der Waals surface area (Å²) in [5, 5.41) is 16.8. The molecule has 122 valence electrons. The number of aromatic amines is 1. The monoisotopic (exact) mass is 314 g/mol. The van der Waals surface area contributed by atoms with Gasteiger partial charge in [-0.25, -0.2) is 0 Å². The van der Waals surface area contributed by atoms with E-state index in [1.807, 2.05) is 30.3 Å².